The summed E-state index contributed by atoms with van der Waals surface area (Å²) >= 11 is 0. The van der Waals surface area contributed by atoms with Crippen LogP contribution in [0.15, 0.2) is 0 Å². The van der Waals surface area contributed by atoms with Crippen LogP contribution in [0.5, 0.6) is 0 Å². The zero-order valence-corrected chi connectivity index (χ0v) is 9.24. The Hall–Kier alpha value is -3.35. The van der Waals surface area contributed by atoms with Crippen molar-refractivity contribution < 1.29 is 0 Å². The number of nitrogens with zero attached hydrogens (tertiary/aromatic N) is 5. The third-order valence-electron chi connectivity index (χ3n) is 2.63. The molecule has 0 fully saturated rings. The molecule has 0 atom stereocenters. The summed E-state index contributed by atoms with van der Waals surface area (Å²) in [6, 6.07) is 7.37. The highest BCUT2D eigenvalue weighted by Gasteiger charge is 2.22. The van der Waals surface area contributed by atoms with Crippen LogP contribution in [0.3, 0.4) is 0 Å². The number of nitrogens with one attached hydrogen (secondary N) is 1. The van der Waals surface area contributed by atoms with Crippen molar-refractivity contribution in [3.63, 3.8) is 0 Å². The Morgan fingerprint density at radius 2 is 1.33 bits per heavy atom. The number of aryl methyl sites for hydroxylation is 1. The first-order valence-corrected chi connectivity index (χ1v) is 4.84. The molecule has 0 aliphatic carbocycles. The Morgan fingerprint density at radius 3 is 1.83 bits per heavy atom. The van der Waals surface area contributed by atoms with E-state index in [4.69, 9.17) is 21.0 Å². The third kappa shape index (κ3) is 1.21. The summed E-state index contributed by atoms with van der Waals surface area (Å²) in [5, 5.41) is 43.4. The number of benzene rings is 1. The Balaban J connectivity index is 3.22. The standard InChI is InChI=1S/C12H4N6/c1-6-11-9(4-15)7(2-13)8(3-14)10(5-16)12(11)18-17-6/h1H3,(H,17,18). The zero-order chi connectivity index (χ0) is 13.3. The van der Waals surface area contributed by atoms with Gasteiger partial charge in [0.15, 0.2) is 0 Å². The van der Waals surface area contributed by atoms with E-state index in [0.717, 1.165) is 0 Å². The number of fused-ring (bicyclic) bond motifs is 1. The van der Waals surface area contributed by atoms with Crippen molar-refractivity contribution in [1.82, 2.24) is 10.2 Å². The van der Waals surface area contributed by atoms with Gasteiger partial charge in [-0.25, -0.2) is 0 Å². The molecule has 0 radical (unpaired) electrons. The number of nitriles is 4. The van der Waals surface area contributed by atoms with Crippen LogP contribution in [0.1, 0.15) is 27.9 Å². The lowest BCUT2D eigenvalue weighted by molar-refractivity contribution is 1.07. The van der Waals surface area contributed by atoms with Crippen LogP contribution < -0.4 is 0 Å². The number of H-pyrrole nitrogens is 1. The molecule has 0 saturated carbocycles. The predicted octanol–water partition coefficient (Wildman–Crippen LogP) is 1.36. The highest BCUT2D eigenvalue weighted by molar-refractivity contribution is 5.95. The summed E-state index contributed by atoms with van der Waals surface area (Å²) in [5.74, 6) is 0. The first-order chi connectivity index (χ1) is 8.69. The Kier molecular flexibility index (Phi) is 2.42. The van der Waals surface area contributed by atoms with Crippen molar-refractivity contribution in [1.29, 1.82) is 21.0 Å². The zero-order valence-electron chi connectivity index (χ0n) is 9.24. The molecule has 1 aromatic heterocycles. The molecule has 0 saturated heterocycles. The molecular formula is C12H4N6. The van der Waals surface area contributed by atoms with Gasteiger partial charge in [0.1, 0.15) is 29.8 Å². The molecule has 1 heterocycles. The van der Waals surface area contributed by atoms with Crippen molar-refractivity contribution in [2.45, 2.75) is 6.92 Å². The van der Waals surface area contributed by atoms with E-state index in [1.54, 1.807) is 13.0 Å². The molecule has 0 aliphatic heterocycles. The summed E-state index contributed by atoms with van der Waals surface area (Å²) in [7, 11) is 0. The molecule has 0 bridgehead atoms. The summed E-state index contributed by atoms with van der Waals surface area (Å²) in [6.45, 7) is 1.69. The first kappa shape index (κ1) is 11.1. The van der Waals surface area contributed by atoms with Crippen molar-refractivity contribution in [2.75, 3.05) is 0 Å². The van der Waals surface area contributed by atoms with Crippen molar-refractivity contribution in [2.24, 2.45) is 0 Å². The van der Waals surface area contributed by atoms with E-state index in [0.29, 0.717) is 11.1 Å². The Bertz CT molecular complexity index is 829. The maximum atomic E-state index is 9.14. The maximum Gasteiger partial charge on any atom is 0.113 e. The van der Waals surface area contributed by atoms with Gasteiger partial charge < -0.3 is 0 Å². The quantitative estimate of drug-likeness (QED) is 0.734. The van der Waals surface area contributed by atoms with Crippen LogP contribution in [0, 0.1) is 52.2 Å². The second-order valence-electron chi connectivity index (χ2n) is 3.52. The fourth-order valence-corrected chi connectivity index (χ4v) is 1.85. The van der Waals surface area contributed by atoms with Crippen LogP contribution in [0.2, 0.25) is 0 Å². The monoisotopic (exact) mass is 232 g/mol. The minimum Gasteiger partial charge on any atom is -0.282 e. The fourth-order valence-electron chi connectivity index (χ4n) is 1.85. The average Bonchev–Trinajstić information content (AvgIpc) is 2.77. The lowest BCUT2D eigenvalue weighted by Crippen LogP contribution is -1.97. The molecule has 6 nitrogen and oxygen atoms in total. The minimum absolute atomic E-state index is 0.0207. The normalized spacial score (nSPS) is 9.17. The summed E-state index contributed by atoms with van der Waals surface area (Å²) in [4.78, 5) is 0. The Morgan fingerprint density at radius 1 is 0.833 bits per heavy atom. The van der Waals surface area contributed by atoms with E-state index in [2.05, 4.69) is 10.2 Å². The highest BCUT2D eigenvalue weighted by Crippen LogP contribution is 2.29. The molecule has 18 heavy (non-hydrogen) atoms. The van der Waals surface area contributed by atoms with Gasteiger partial charge in [0, 0.05) is 11.1 Å². The van der Waals surface area contributed by atoms with Crippen LogP contribution in [-0.4, -0.2) is 10.2 Å². The molecule has 82 valence electrons. The lowest BCUT2D eigenvalue weighted by atomic mass is 9.93. The molecule has 0 spiro atoms. The van der Waals surface area contributed by atoms with Gasteiger partial charge in [0.05, 0.1) is 22.3 Å². The second-order valence-corrected chi connectivity index (χ2v) is 3.52. The summed E-state index contributed by atoms with van der Waals surface area (Å²) in [6.07, 6.45) is 0. The first-order valence-electron chi connectivity index (χ1n) is 4.84. The topological polar surface area (TPSA) is 124 Å². The van der Waals surface area contributed by atoms with Crippen molar-refractivity contribution in [3.05, 3.63) is 27.9 Å². The van der Waals surface area contributed by atoms with Gasteiger partial charge in [-0.3, -0.25) is 5.10 Å². The van der Waals surface area contributed by atoms with Crippen molar-refractivity contribution >= 4 is 10.9 Å². The van der Waals surface area contributed by atoms with Crippen LogP contribution in [-0.2, 0) is 0 Å². The second kappa shape index (κ2) is 3.91. The number of hydrogen-bond acceptors (Lipinski definition) is 5. The lowest BCUT2D eigenvalue weighted by Gasteiger charge is -2.02. The van der Waals surface area contributed by atoms with Gasteiger partial charge >= 0.3 is 0 Å². The molecule has 0 aliphatic rings. The summed E-state index contributed by atoms with van der Waals surface area (Å²) in [5.41, 5.74) is 0.756. The maximum absolute atomic E-state index is 9.14. The van der Waals surface area contributed by atoms with Crippen molar-refractivity contribution in [3.8, 4) is 24.3 Å². The van der Waals surface area contributed by atoms with Gasteiger partial charge in [-0.2, -0.15) is 26.1 Å². The largest absolute Gasteiger partial charge is 0.282 e. The highest BCUT2D eigenvalue weighted by atomic mass is 15.1. The predicted molar refractivity (Wildman–Crippen MR) is 59.7 cm³/mol. The molecule has 6 heteroatoms. The summed E-state index contributed by atoms with van der Waals surface area (Å²) < 4.78 is 0. The number of aromatic nitrogens is 2. The fraction of sp³-hybridized carbons (Fsp3) is 0.0833. The van der Waals surface area contributed by atoms with Gasteiger partial charge in [-0.15, -0.1) is 0 Å². The molecule has 2 aromatic rings. The van der Waals surface area contributed by atoms with Gasteiger partial charge in [-0.05, 0) is 6.92 Å². The third-order valence-corrected chi connectivity index (χ3v) is 2.63. The molecular weight excluding hydrogens is 228 g/mol. The SMILES string of the molecule is Cc1[nH]nc2c(C#N)c(C#N)c(C#N)c(C#N)c12. The molecule has 1 N–H and O–H groups in total. The van der Waals surface area contributed by atoms with E-state index in [9.17, 15) is 0 Å². The van der Waals surface area contributed by atoms with Crippen LogP contribution in [0.4, 0.5) is 0 Å². The minimum atomic E-state index is -0.101. The van der Waals surface area contributed by atoms with Crippen LogP contribution >= 0.6 is 0 Å². The van der Waals surface area contributed by atoms with Gasteiger partial charge in [0.25, 0.3) is 0 Å². The molecule has 2 rings (SSSR count). The molecule has 0 amide bonds. The Labute approximate surface area is 102 Å². The average molecular weight is 232 g/mol. The number of rotatable bonds is 0. The van der Waals surface area contributed by atoms with E-state index >= 15 is 0 Å². The van der Waals surface area contributed by atoms with Gasteiger partial charge in [-0.1, -0.05) is 0 Å². The molecule has 0 unspecified atom stereocenters. The van der Waals surface area contributed by atoms with E-state index in [1.165, 1.54) is 0 Å². The number of aromatic amines is 1. The van der Waals surface area contributed by atoms with E-state index < -0.39 is 0 Å². The van der Waals surface area contributed by atoms with E-state index in [1.807, 2.05) is 18.2 Å². The smallest absolute Gasteiger partial charge is 0.113 e. The number of hydrogen-bond donors (Lipinski definition) is 1. The molecule has 1 aromatic carbocycles. The van der Waals surface area contributed by atoms with Gasteiger partial charge in [0.2, 0.25) is 0 Å². The van der Waals surface area contributed by atoms with E-state index in [-0.39, 0.29) is 27.8 Å². The van der Waals surface area contributed by atoms with Crippen LogP contribution in [0.25, 0.3) is 10.9 Å².